The molecule has 1 heterocycles. The van der Waals surface area contributed by atoms with E-state index in [4.69, 9.17) is 4.52 Å². The number of rotatable bonds is 2. The highest BCUT2D eigenvalue weighted by atomic mass is 19.1. The normalized spacial score (nSPS) is 10.7. The van der Waals surface area contributed by atoms with Crippen molar-refractivity contribution in [1.82, 2.24) is 10.1 Å². The van der Waals surface area contributed by atoms with E-state index in [0.717, 1.165) is 0 Å². The Bertz CT molecular complexity index is 753. The summed E-state index contributed by atoms with van der Waals surface area (Å²) >= 11 is 0. The van der Waals surface area contributed by atoms with E-state index in [0.29, 0.717) is 5.56 Å². The lowest BCUT2D eigenvalue weighted by molar-refractivity contribution is 0.423. The maximum Gasteiger partial charge on any atom is 0.262 e. The van der Waals surface area contributed by atoms with Gasteiger partial charge in [0, 0.05) is 5.56 Å². The lowest BCUT2D eigenvalue weighted by Gasteiger charge is -1.99. The van der Waals surface area contributed by atoms with Crippen LogP contribution in [-0.2, 0) is 0 Å². The van der Waals surface area contributed by atoms with Crippen LogP contribution < -0.4 is 0 Å². The third-order valence-electron chi connectivity index (χ3n) is 2.74. The molecule has 0 unspecified atom stereocenters. The molecule has 6 heteroatoms. The highest BCUT2D eigenvalue weighted by Crippen LogP contribution is 2.32. The van der Waals surface area contributed by atoms with Gasteiger partial charge >= 0.3 is 0 Å². The second-order valence-corrected chi connectivity index (χ2v) is 4.13. The first-order chi connectivity index (χ1) is 9.63. The molecule has 0 radical (unpaired) electrons. The monoisotopic (exact) mass is 272 g/mol. The van der Waals surface area contributed by atoms with Crippen LogP contribution in [0.25, 0.3) is 22.8 Å². The van der Waals surface area contributed by atoms with Crippen LogP contribution >= 0.6 is 0 Å². The fraction of sp³-hybridized carbons (Fsp3) is 0. The van der Waals surface area contributed by atoms with Crippen LogP contribution in [0.5, 0.6) is 11.5 Å². The number of aromatic hydroxyl groups is 2. The van der Waals surface area contributed by atoms with Gasteiger partial charge in [-0.2, -0.15) is 4.98 Å². The maximum absolute atomic E-state index is 12.8. The van der Waals surface area contributed by atoms with E-state index in [9.17, 15) is 14.6 Å². The molecule has 0 amide bonds. The predicted octanol–water partition coefficient (Wildman–Crippen LogP) is 2.95. The standard InChI is InChI=1S/C14H9FN2O3/c15-9-3-1-8(2-4-9)13-16-14(20-17-13)11-7-10(18)5-6-12(11)19/h1-7,18-19H. The summed E-state index contributed by atoms with van der Waals surface area (Å²) in [5.41, 5.74) is 0.812. The Kier molecular flexibility index (Phi) is 2.83. The van der Waals surface area contributed by atoms with Crippen molar-refractivity contribution in [2.75, 3.05) is 0 Å². The molecule has 0 atom stereocenters. The molecule has 0 saturated heterocycles. The Labute approximate surface area is 112 Å². The smallest absolute Gasteiger partial charge is 0.262 e. The van der Waals surface area contributed by atoms with E-state index in [1.165, 1.54) is 42.5 Å². The van der Waals surface area contributed by atoms with Crippen molar-refractivity contribution in [3.8, 4) is 34.3 Å². The average molecular weight is 272 g/mol. The van der Waals surface area contributed by atoms with E-state index in [1.54, 1.807) is 0 Å². The molecule has 0 bridgehead atoms. The third kappa shape index (κ3) is 2.18. The molecule has 0 aliphatic heterocycles. The Hall–Kier alpha value is -2.89. The van der Waals surface area contributed by atoms with Crippen LogP contribution in [0, 0.1) is 5.82 Å². The number of phenolic OH excluding ortho intramolecular Hbond substituents is 2. The van der Waals surface area contributed by atoms with Gasteiger partial charge in [-0.25, -0.2) is 4.39 Å². The molecule has 0 aliphatic carbocycles. The third-order valence-corrected chi connectivity index (χ3v) is 2.74. The molecule has 0 aliphatic rings. The summed E-state index contributed by atoms with van der Waals surface area (Å²) in [7, 11) is 0. The van der Waals surface area contributed by atoms with Gasteiger partial charge in [0.2, 0.25) is 5.82 Å². The molecule has 20 heavy (non-hydrogen) atoms. The minimum atomic E-state index is -0.358. The summed E-state index contributed by atoms with van der Waals surface area (Å²) in [5, 5.41) is 22.9. The molecule has 5 nitrogen and oxygen atoms in total. The van der Waals surface area contributed by atoms with Crippen molar-refractivity contribution in [3.63, 3.8) is 0 Å². The number of nitrogens with zero attached hydrogens (tertiary/aromatic N) is 2. The fourth-order valence-electron chi connectivity index (χ4n) is 1.74. The number of phenols is 2. The van der Waals surface area contributed by atoms with E-state index in [1.807, 2.05) is 0 Å². The number of aromatic nitrogens is 2. The van der Waals surface area contributed by atoms with E-state index >= 15 is 0 Å². The highest BCUT2D eigenvalue weighted by Gasteiger charge is 2.14. The zero-order valence-electron chi connectivity index (χ0n) is 10.1. The average Bonchev–Trinajstić information content (AvgIpc) is 2.92. The Morgan fingerprint density at radius 3 is 2.50 bits per heavy atom. The number of halogens is 1. The molecule has 1 aromatic heterocycles. The quantitative estimate of drug-likeness (QED) is 0.701. The predicted molar refractivity (Wildman–Crippen MR) is 68.5 cm³/mol. The molecule has 0 saturated carbocycles. The van der Waals surface area contributed by atoms with Crippen LogP contribution in [0.3, 0.4) is 0 Å². The van der Waals surface area contributed by atoms with Gasteiger partial charge in [-0.15, -0.1) is 0 Å². The summed E-state index contributed by atoms with van der Waals surface area (Å²) in [6.07, 6.45) is 0. The van der Waals surface area contributed by atoms with Gasteiger partial charge in [-0.3, -0.25) is 0 Å². The molecular weight excluding hydrogens is 263 g/mol. The van der Waals surface area contributed by atoms with Gasteiger partial charge in [0.05, 0.1) is 5.56 Å². The molecule has 2 aromatic carbocycles. The van der Waals surface area contributed by atoms with Crippen molar-refractivity contribution in [1.29, 1.82) is 0 Å². The second-order valence-electron chi connectivity index (χ2n) is 4.13. The van der Waals surface area contributed by atoms with Crippen molar-refractivity contribution >= 4 is 0 Å². The van der Waals surface area contributed by atoms with Crippen LogP contribution in [0.2, 0.25) is 0 Å². The van der Waals surface area contributed by atoms with E-state index in [2.05, 4.69) is 10.1 Å². The van der Waals surface area contributed by atoms with E-state index in [-0.39, 0.29) is 34.6 Å². The topological polar surface area (TPSA) is 79.4 Å². The van der Waals surface area contributed by atoms with Crippen molar-refractivity contribution in [2.24, 2.45) is 0 Å². The summed E-state index contributed by atoms with van der Waals surface area (Å²) in [6, 6.07) is 9.60. The molecule has 2 N–H and O–H groups in total. The first kappa shape index (κ1) is 12.2. The zero-order valence-corrected chi connectivity index (χ0v) is 10.1. The van der Waals surface area contributed by atoms with E-state index < -0.39 is 0 Å². The molecule has 0 spiro atoms. The maximum atomic E-state index is 12.8. The van der Waals surface area contributed by atoms with Gasteiger partial charge in [-0.1, -0.05) is 5.16 Å². The first-order valence-electron chi connectivity index (χ1n) is 5.75. The van der Waals surface area contributed by atoms with Gasteiger partial charge in [-0.05, 0) is 42.5 Å². The van der Waals surface area contributed by atoms with Crippen molar-refractivity contribution < 1.29 is 19.1 Å². The first-order valence-corrected chi connectivity index (χ1v) is 5.75. The highest BCUT2D eigenvalue weighted by molar-refractivity contribution is 5.66. The second kappa shape index (κ2) is 4.65. The van der Waals surface area contributed by atoms with Crippen LogP contribution in [0.15, 0.2) is 47.0 Å². The van der Waals surface area contributed by atoms with Gasteiger partial charge in [0.15, 0.2) is 0 Å². The summed E-state index contributed by atoms with van der Waals surface area (Å²) < 4.78 is 17.9. The lowest BCUT2D eigenvalue weighted by Crippen LogP contribution is -1.82. The minimum Gasteiger partial charge on any atom is -0.508 e. The van der Waals surface area contributed by atoms with Crippen molar-refractivity contribution in [2.45, 2.75) is 0 Å². The van der Waals surface area contributed by atoms with Crippen LogP contribution in [0.1, 0.15) is 0 Å². The van der Waals surface area contributed by atoms with Crippen LogP contribution in [-0.4, -0.2) is 20.4 Å². The zero-order chi connectivity index (χ0) is 14.1. The Morgan fingerprint density at radius 2 is 1.75 bits per heavy atom. The van der Waals surface area contributed by atoms with Gasteiger partial charge in [0.1, 0.15) is 17.3 Å². The number of hydrogen-bond donors (Lipinski definition) is 2. The lowest BCUT2D eigenvalue weighted by atomic mass is 10.2. The summed E-state index contributed by atoms with van der Waals surface area (Å²) in [5.74, 6) is -0.139. The Balaban J connectivity index is 2.01. The summed E-state index contributed by atoms with van der Waals surface area (Å²) in [4.78, 5) is 4.11. The minimum absolute atomic E-state index is 0.0284. The fourth-order valence-corrected chi connectivity index (χ4v) is 1.74. The molecule has 100 valence electrons. The molecular formula is C14H9FN2O3. The van der Waals surface area contributed by atoms with Gasteiger partial charge in [0.25, 0.3) is 5.89 Å². The number of hydrogen-bond acceptors (Lipinski definition) is 5. The van der Waals surface area contributed by atoms with Crippen molar-refractivity contribution in [3.05, 3.63) is 48.3 Å². The summed E-state index contributed by atoms with van der Waals surface area (Å²) in [6.45, 7) is 0. The molecule has 3 rings (SSSR count). The Morgan fingerprint density at radius 1 is 1.00 bits per heavy atom. The number of benzene rings is 2. The van der Waals surface area contributed by atoms with Crippen LogP contribution in [0.4, 0.5) is 4.39 Å². The SMILES string of the molecule is Oc1ccc(O)c(-c2nc(-c3ccc(F)cc3)no2)c1. The largest absolute Gasteiger partial charge is 0.508 e. The molecule has 0 fully saturated rings. The van der Waals surface area contributed by atoms with Gasteiger partial charge < -0.3 is 14.7 Å². The molecule has 3 aromatic rings.